The predicted molar refractivity (Wildman–Crippen MR) is 65.9 cm³/mol. The average Bonchev–Trinajstić information content (AvgIpc) is 2.82. The van der Waals surface area contributed by atoms with Crippen molar-refractivity contribution < 1.29 is 19.6 Å². The van der Waals surface area contributed by atoms with Crippen LogP contribution in [0.1, 0.15) is 36.2 Å². The van der Waals surface area contributed by atoms with Crippen LogP contribution in [0.15, 0.2) is 12.3 Å². The van der Waals surface area contributed by atoms with Crippen LogP contribution in [-0.2, 0) is 4.79 Å². The second-order valence-electron chi connectivity index (χ2n) is 3.99. The van der Waals surface area contributed by atoms with Gasteiger partial charge < -0.3 is 15.4 Å². The van der Waals surface area contributed by atoms with Gasteiger partial charge in [-0.05, 0) is 12.8 Å². The summed E-state index contributed by atoms with van der Waals surface area (Å²) >= 11 is 0. The number of carbonyl (C=O) groups is 2. The van der Waals surface area contributed by atoms with E-state index in [4.69, 9.17) is 5.11 Å². The van der Waals surface area contributed by atoms with Crippen LogP contribution in [0.3, 0.4) is 0 Å². The van der Waals surface area contributed by atoms with Gasteiger partial charge in [0.1, 0.15) is 5.69 Å². The maximum atomic E-state index is 11.6. The molecule has 1 heterocycles. The summed E-state index contributed by atoms with van der Waals surface area (Å²) in [5, 5.41) is 21.5. The van der Waals surface area contributed by atoms with Crippen molar-refractivity contribution in [3.8, 4) is 0 Å². The van der Waals surface area contributed by atoms with Crippen LogP contribution >= 0.6 is 0 Å². The lowest BCUT2D eigenvalue weighted by atomic mass is 10.2. The number of hydrogen-bond acceptors (Lipinski definition) is 4. The topological polar surface area (TPSA) is 125 Å². The molecule has 0 aliphatic carbocycles. The first kappa shape index (κ1) is 14.7. The Labute approximate surface area is 109 Å². The van der Waals surface area contributed by atoms with Crippen LogP contribution in [0.25, 0.3) is 0 Å². The van der Waals surface area contributed by atoms with Crippen LogP contribution in [0.5, 0.6) is 0 Å². The molecule has 1 aromatic heterocycles. The third-order valence-corrected chi connectivity index (χ3v) is 2.48. The molecular formula is C11H15N3O5. The molecule has 0 aliphatic rings. The van der Waals surface area contributed by atoms with E-state index in [9.17, 15) is 19.7 Å². The quantitative estimate of drug-likeness (QED) is 0.372. The lowest BCUT2D eigenvalue weighted by Crippen LogP contribution is -2.24. The van der Waals surface area contributed by atoms with Gasteiger partial charge >= 0.3 is 5.97 Å². The number of rotatable bonds is 8. The van der Waals surface area contributed by atoms with Crippen molar-refractivity contribution in [1.82, 2.24) is 10.3 Å². The Bertz CT molecular complexity index is 469. The average molecular weight is 269 g/mol. The minimum atomic E-state index is -0.831. The van der Waals surface area contributed by atoms with Crippen molar-refractivity contribution in [2.24, 2.45) is 0 Å². The molecule has 0 unspecified atom stereocenters. The van der Waals surface area contributed by atoms with Gasteiger partial charge in [-0.15, -0.1) is 0 Å². The highest BCUT2D eigenvalue weighted by Gasteiger charge is 2.13. The molecule has 0 aliphatic heterocycles. The number of carboxylic acid groups (broad SMARTS) is 1. The third kappa shape index (κ3) is 5.19. The van der Waals surface area contributed by atoms with Crippen molar-refractivity contribution in [2.45, 2.75) is 25.7 Å². The first-order valence-electron chi connectivity index (χ1n) is 5.83. The summed E-state index contributed by atoms with van der Waals surface area (Å²) in [5.41, 5.74) is -0.0242. The molecule has 8 nitrogen and oxygen atoms in total. The largest absolute Gasteiger partial charge is 0.481 e. The van der Waals surface area contributed by atoms with Crippen LogP contribution < -0.4 is 5.32 Å². The molecule has 0 bridgehead atoms. The van der Waals surface area contributed by atoms with Gasteiger partial charge in [0, 0.05) is 19.0 Å². The van der Waals surface area contributed by atoms with E-state index in [0.717, 1.165) is 6.20 Å². The number of carbonyl (C=O) groups excluding carboxylic acids is 1. The van der Waals surface area contributed by atoms with Gasteiger partial charge in [-0.25, -0.2) is 0 Å². The zero-order chi connectivity index (χ0) is 14.3. The summed E-state index contributed by atoms with van der Waals surface area (Å²) in [6.07, 6.45) is 3.22. The number of aliphatic carboxylic acids is 1. The predicted octanol–water partition coefficient (Wildman–Crippen LogP) is 1.30. The number of aromatic amines is 1. The Morgan fingerprint density at radius 2 is 2.11 bits per heavy atom. The van der Waals surface area contributed by atoms with E-state index in [1.54, 1.807) is 0 Å². The Morgan fingerprint density at radius 1 is 1.37 bits per heavy atom. The van der Waals surface area contributed by atoms with E-state index in [1.807, 2.05) is 0 Å². The number of hydrogen-bond donors (Lipinski definition) is 3. The number of nitrogens with zero attached hydrogens (tertiary/aromatic N) is 1. The van der Waals surface area contributed by atoms with Crippen molar-refractivity contribution in [2.75, 3.05) is 6.54 Å². The summed E-state index contributed by atoms with van der Waals surface area (Å²) in [6, 6.07) is 1.17. The molecule has 19 heavy (non-hydrogen) atoms. The summed E-state index contributed by atoms with van der Waals surface area (Å²) in [4.78, 5) is 34.2. The second-order valence-corrected chi connectivity index (χ2v) is 3.99. The fourth-order valence-electron chi connectivity index (χ4n) is 1.49. The normalized spacial score (nSPS) is 10.1. The van der Waals surface area contributed by atoms with Crippen LogP contribution in [0, 0.1) is 10.1 Å². The summed E-state index contributed by atoms with van der Waals surface area (Å²) in [6.45, 7) is 0.408. The zero-order valence-corrected chi connectivity index (χ0v) is 10.2. The summed E-state index contributed by atoms with van der Waals surface area (Å²) < 4.78 is 0. The van der Waals surface area contributed by atoms with E-state index >= 15 is 0 Å². The first-order chi connectivity index (χ1) is 9.00. The second kappa shape index (κ2) is 7.14. The number of unbranched alkanes of at least 4 members (excludes halogenated alkanes) is 2. The molecule has 3 N–H and O–H groups in total. The molecule has 104 valence electrons. The Kier molecular flexibility index (Phi) is 5.52. The number of nitro groups is 1. The molecule has 8 heteroatoms. The van der Waals surface area contributed by atoms with Crippen LogP contribution in [-0.4, -0.2) is 33.4 Å². The van der Waals surface area contributed by atoms with Gasteiger partial charge in [-0.2, -0.15) is 0 Å². The molecule has 1 aromatic rings. The molecule has 0 fully saturated rings. The SMILES string of the molecule is O=C(O)CCCCCNC(=O)c1cc([N+](=O)[O-])c[nH]1. The van der Waals surface area contributed by atoms with Gasteiger partial charge in [0.05, 0.1) is 11.1 Å². The van der Waals surface area contributed by atoms with Crippen LogP contribution in [0.2, 0.25) is 0 Å². The fourth-order valence-corrected chi connectivity index (χ4v) is 1.49. The molecular weight excluding hydrogens is 254 g/mol. The highest BCUT2D eigenvalue weighted by molar-refractivity contribution is 5.93. The Hall–Kier alpha value is -2.38. The van der Waals surface area contributed by atoms with E-state index in [1.165, 1.54) is 6.07 Å². The highest BCUT2D eigenvalue weighted by atomic mass is 16.6. The number of H-pyrrole nitrogens is 1. The molecule has 0 atom stereocenters. The van der Waals surface area contributed by atoms with E-state index < -0.39 is 16.8 Å². The zero-order valence-electron chi connectivity index (χ0n) is 10.2. The van der Waals surface area contributed by atoms with Gasteiger partial charge in [0.2, 0.25) is 0 Å². The number of amides is 1. The van der Waals surface area contributed by atoms with E-state index in [2.05, 4.69) is 10.3 Å². The molecule has 0 spiro atoms. The molecule has 0 radical (unpaired) electrons. The number of nitrogens with one attached hydrogen (secondary N) is 2. The van der Waals surface area contributed by atoms with Crippen LogP contribution in [0.4, 0.5) is 5.69 Å². The maximum absolute atomic E-state index is 11.6. The minimum absolute atomic E-state index is 0.122. The highest BCUT2D eigenvalue weighted by Crippen LogP contribution is 2.11. The summed E-state index contributed by atoms with van der Waals surface area (Å²) in [7, 11) is 0. The maximum Gasteiger partial charge on any atom is 0.303 e. The van der Waals surface area contributed by atoms with Crippen molar-refractivity contribution in [1.29, 1.82) is 0 Å². The van der Waals surface area contributed by atoms with E-state index in [-0.39, 0.29) is 17.8 Å². The standard InChI is InChI=1S/C11H15N3O5/c15-10(16)4-2-1-3-5-12-11(17)9-6-8(7-13-9)14(18)19/h6-7,13H,1-5H2,(H,12,17)(H,15,16). The number of aromatic nitrogens is 1. The molecule has 0 saturated heterocycles. The lowest BCUT2D eigenvalue weighted by Gasteiger charge is -2.02. The number of carboxylic acids is 1. The molecule has 1 amide bonds. The van der Waals surface area contributed by atoms with Gasteiger partial charge in [-0.3, -0.25) is 19.7 Å². The summed E-state index contributed by atoms with van der Waals surface area (Å²) in [5.74, 6) is -1.24. The van der Waals surface area contributed by atoms with Gasteiger partial charge in [0.15, 0.2) is 0 Å². The van der Waals surface area contributed by atoms with Crippen molar-refractivity contribution >= 4 is 17.6 Å². The Morgan fingerprint density at radius 3 is 2.68 bits per heavy atom. The minimum Gasteiger partial charge on any atom is -0.481 e. The monoisotopic (exact) mass is 269 g/mol. The smallest absolute Gasteiger partial charge is 0.303 e. The molecule has 1 rings (SSSR count). The Balaban J connectivity index is 2.23. The fraction of sp³-hybridized carbons (Fsp3) is 0.455. The molecule has 0 aromatic carbocycles. The lowest BCUT2D eigenvalue weighted by molar-refractivity contribution is -0.384. The van der Waals surface area contributed by atoms with Crippen molar-refractivity contribution in [3.05, 3.63) is 28.1 Å². The molecule has 0 saturated carbocycles. The third-order valence-electron chi connectivity index (χ3n) is 2.48. The van der Waals surface area contributed by atoms with Gasteiger partial charge in [0.25, 0.3) is 11.6 Å². The first-order valence-corrected chi connectivity index (χ1v) is 5.83. The van der Waals surface area contributed by atoms with Crippen molar-refractivity contribution in [3.63, 3.8) is 0 Å². The van der Waals surface area contributed by atoms with Gasteiger partial charge in [-0.1, -0.05) is 6.42 Å². The van der Waals surface area contributed by atoms with E-state index in [0.29, 0.717) is 25.8 Å².